The molecule has 0 unspecified atom stereocenters. The summed E-state index contributed by atoms with van der Waals surface area (Å²) < 4.78 is 0. The lowest BCUT2D eigenvalue weighted by molar-refractivity contribution is 0.0108. The third-order valence-corrected chi connectivity index (χ3v) is 1.76. The molecule has 1 aromatic rings. The van der Waals surface area contributed by atoms with E-state index in [-0.39, 0.29) is 0 Å². The first-order chi connectivity index (χ1) is 5.79. The molecule has 1 rings (SSSR count). The van der Waals surface area contributed by atoms with Crippen LogP contribution in [0.25, 0.3) is 0 Å². The predicted molar refractivity (Wildman–Crippen MR) is 47.2 cm³/mol. The van der Waals surface area contributed by atoms with Crippen LogP contribution in [0.3, 0.4) is 0 Å². The molecule has 0 bridgehead atoms. The minimum Gasteiger partial charge on any atom is -0.358 e. The van der Waals surface area contributed by atoms with Crippen LogP contribution in [0.1, 0.15) is 4.88 Å². The Balaban J connectivity index is 2.58. The van der Waals surface area contributed by atoms with Gasteiger partial charge in [-0.2, -0.15) is 0 Å². The van der Waals surface area contributed by atoms with E-state index in [1.807, 2.05) is 17.5 Å². The number of aliphatic hydroxyl groups excluding tert-OH is 1. The molecule has 12 heavy (non-hydrogen) atoms. The van der Waals surface area contributed by atoms with E-state index in [4.69, 9.17) is 10.2 Å². The minimum atomic E-state index is -1.59. The van der Waals surface area contributed by atoms with E-state index in [0.717, 1.165) is 4.88 Å². The highest BCUT2D eigenvalue weighted by Crippen LogP contribution is 2.04. The van der Waals surface area contributed by atoms with Crippen molar-refractivity contribution in [3.05, 3.63) is 22.4 Å². The fourth-order valence-corrected chi connectivity index (χ4v) is 1.11. The summed E-state index contributed by atoms with van der Waals surface area (Å²) in [5.41, 5.74) is 0. The van der Waals surface area contributed by atoms with E-state index in [1.54, 1.807) is 0 Å². The van der Waals surface area contributed by atoms with Crippen LogP contribution in [-0.2, 0) is 0 Å². The zero-order valence-electron chi connectivity index (χ0n) is 6.11. The standard InChI is InChI=1S/C9H6O2S/c10-9(11)6-2-1-4-8-5-3-7-12-8/h3,5,7,9-11H. The quantitative estimate of drug-likeness (QED) is 0.446. The van der Waals surface area contributed by atoms with Crippen molar-refractivity contribution >= 4 is 11.3 Å². The summed E-state index contributed by atoms with van der Waals surface area (Å²) in [5, 5.41) is 18.6. The summed E-state index contributed by atoms with van der Waals surface area (Å²) in [6.45, 7) is 0. The lowest BCUT2D eigenvalue weighted by Crippen LogP contribution is -1.97. The van der Waals surface area contributed by atoms with Gasteiger partial charge in [0.2, 0.25) is 6.29 Å². The molecule has 0 aliphatic carbocycles. The van der Waals surface area contributed by atoms with Gasteiger partial charge in [-0.05, 0) is 35.1 Å². The predicted octanol–water partition coefficient (Wildman–Crippen LogP) is 0.414. The van der Waals surface area contributed by atoms with Gasteiger partial charge in [0.1, 0.15) is 0 Å². The van der Waals surface area contributed by atoms with Crippen molar-refractivity contribution in [2.24, 2.45) is 0 Å². The van der Waals surface area contributed by atoms with E-state index < -0.39 is 6.29 Å². The first kappa shape index (κ1) is 8.83. The van der Waals surface area contributed by atoms with Crippen LogP contribution >= 0.6 is 11.3 Å². The van der Waals surface area contributed by atoms with Gasteiger partial charge in [0.25, 0.3) is 0 Å². The highest BCUT2D eigenvalue weighted by Gasteiger charge is 1.83. The van der Waals surface area contributed by atoms with Crippen molar-refractivity contribution < 1.29 is 10.2 Å². The van der Waals surface area contributed by atoms with Crippen LogP contribution in [0.5, 0.6) is 0 Å². The molecule has 1 heterocycles. The van der Waals surface area contributed by atoms with Crippen LogP contribution < -0.4 is 0 Å². The Labute approximate surface area is 74.5 Å². The van der Waals surface area contributed by atoms with E-state index in [0.29, 0.717) is 0 Å². The maximum Gasteiger partial charge on any atom is 0.218 e. The summed E-state index contributed by atoms with van der Waals surface area (Å²) in [6, 6.07) is 3.76. The largest absolute Gasteiger partial charge is 0.358 e. The molecule has 3 heteroatoms. The molecule has 0 amide bonds. The zero-order chi connectivity index (χ0) is 8.81. The number of rotatable bonds is 0. The Hall–Kier alpha value is -1.26. The topological polar surface area (TPSA) is 40.5 Å². The molecule has 0 radical (unpaired) electrons. The Morgan fingerprint density at radius 2 is 2.17 bits per heavy atom. The summed E-state index contributed by atoms with van der Waals surface area (Å²) in [5.74, 6) is 9.67. The molecule has 2 nitrogen and oxygen atoms in total. The first-order valence-electron chi connectivity index (χ1n) is 3.20. The van der Waals surface area contributed by atoms with Gasteiger partial charge in [-0.1, -0.05) is 6.07 Å². The normalized spacial score (nSPS) is 8.25. The zero-order valence-corrected chi connectivity index (χ0v) is 6.93. The maximum atomic E-state index is 8.33. The molecule has 0 atom stereocenters. The van der Waals surface area contributed by atoms with Crippen LogP contribution in [0.2, 0.25) is 0 Å². The van der Waals surface area contributed by atoms with E-state index in [1.165, 1.54) is 11.3 Å². The highest BCUT2D eigenvalue weighted by molar-refractivity contribution is 7.10. The van der Waals surface area contributed by atoms with Crippen molar-refractivity contribution in [3.63, 3.8) is 0 Å². The Bertz CT molecular complexity index is 343. The van der Waals surface area contributed by atoms with Gasteiger partial charge in [0.15, 0.2) is 0 Å². The third kappa shape index (κ3) is 3.23. The van der Waals surface area contributed by atoms with E-state index in [9.17, 15) is 0 Å². The van der Waals surface area contributed by atoms with Crippen molar-refractivity contribution in [2.45, 2.75) is 6.29 Å². The lowest BCUT2D eigenvalue weighted by atomic mass is 10.4. The molecular formula is C9H6O2S. The molecule has 0 spiro atoms. The van der Waals surface area contributed by atoms with Crippen LogP contribution in [-0.4, -0.2) is 16.5 Å². The average molecular weight is 178 g/mol. The average Bonchev–Trinajstić information content (AvgIpc) is 2.49. The van der Waals surface area contributed by atoms with Crippen molar-refractivity contribution in [3.8, 4) is 23.7 Å². The SMILES string of the molecule is OC(O)C#CC#Cc1cccs1. The van der Waals surface area contributed by atoms with Crippen LogP contribution in [0.4, 0.5) is 0 Å². The number of aliphatic hydroxyl groups is 2. The maximum absolute atomic E-state index is 8.33. The number of hydrogen-bond donors (Lipinski definition) is 2. The molecule has 0 aliphatic heterocycles. The molecule has 0 fully saturated rings. The third-order valence-electron chi connectivity index (χ3n) is 0.971. The number of thiophene rings is 1. The van der Waals surface area contributed by atoms with Gasteiger partial charge in [0.05, 0.1) is 4.88 Å². The van der Waals surface area contributed by atoms with Gasteiger partial charge >= 0.3 is 0 Å². The molecule has 0 saturated carbocycles. The van der Waals surface area contributed by atoms with Crippen LogP contribution in [0, 0.1) is 23.7 Å². The second kappa shape index (κ2) is 4.58. The van der Waals surface area contributed by atoms with Gasteiger partial charge in [-0.15, -0.1) is 11.3 Å². The van der Waals surface area contributed by atoms with Gasteiger partial charge in [0, 0.05) is 0 Å². The van der Waals surface area contributed by atoms with Crippen molar-refractivity contribution in [2.75, 3.05) is 0 Å². The molecule has 2 N–H and O–H groups in total. The van der Waals surface area contributed by atoms with Gasteiger partial charge in [-0.25, -0.2) is 0 Å². The fourth-order valence-electron chi connectivity index (χ4n) is 0.543. The Kier molecular flexibility index (Phi) is 3.37. The van der Waals surface area contributed by atoms with E-state index in [2.05, 4.69) is 23.7 Å². The van der Waals surface area contributed by atoms with Crippen molar-refractivity contribution in [1.29, 1.82) is 0 Å². The Morgan fingerprint density at radius 1 is 1.33 bits per heavy atom. The summed E-state index contributed by atoms with van der Waals surface area (Å²) >= 11 is 1.52. The van der Waals surface area contributed by atoms with E-state index >= 15 is 0 Å². The second-order valence-corrected chi connectivity index (χ2v) is 2.82. The lowest BCUT2D eigenvalue weighted by Gasteiger charge is -1.82. The highest BCUT2D eigenvalue weighted by atomic mass is 32.1. The van der Waals surface area contributed by atoms with Crippen LogP contribution in [0.15, 0.2) is 17.5 Å². The minimum absolute atomic E-state index is 0.914. The Morgan fingerprint density at radius 3 is 2.75 bits per heavy atom. The molecule has 0 saturated heterocycles. The fraction of sp³-hybridized carbons (Fsp3) is 0.111. The number of hydrogen-bond acceptors (Lipinski definition) is 3. The summed E-state index contributed by atoms with van der Waals surface area (Å²) in [7, 11) is 0. The second-order valence-electron chi connectivity index (χ2n) is 1.87. The molecule has 1 aromatic heterocycles. The smallest absolute Gasteiger partial charge is 0.218 e. The molecule has 0 aromatic carbocycles. The molecule has 60 valence electrons. The van der Waals surface area contributed by atoms with Crippen molar-refractivity contribution in [1.82, 2.24) is 0 Å². The monoisotopic (exact) mass is 178 g/mol. The van der Waals surface area contributed by atoms with Gasteiger partial charge in [-0.3, -0.25) is 0 Å². The summed E-state index contributed by atoms with van der Waals surface area (Å²) in [4.78, 5) is 0.914. The molecular weight excluding hydrogens is 172 g/mol. The van der Waals surface area contributed by atoms with Gasteiger partial charge < -0.3 is 10.2 Å². The first-order valence-corrected chi connectivity index (χ1v) is 4.08. The summed E-state index contributed by atoms with van der Waals surface area (Å²) in [6.07, 6.45) is -1.59. The molecule has 0 aliphatic rings.